The van der Waals surface area contributed by atoms with Crippen LogP contribution in [0.15, 0.2) is 101 Å². The molecular weight excluding hydrogens is 755 g/mol. The molecule has 0 saturated carbocycles. The van der Waals surface area contributed by atoms with E-state index in [1.807, 2.05) is 68.7 Å². The topological polar surface area (TPSA) is 56.7 Å². The number of hydrogen-bond acceptors (Lipinski definition) is 9. The zero-order valence-electron chi connectivity index (χ0n) is 37.8. The summed E-state index contributed by atoms with van der Waals surface area (Å²) in [7, 11) is 12.4. The first-order valence-corrected chi connectivity index (χ1v) is 22.1. The Morgan fingerprint density at radius 3 is 1.41 bits per heavy atom. The molecule has 0 aliphatic rings. The zero-order valence-corrected chi connectivity index (χ0v) is 39.6. The summed E-state index contributed by atoms with van der Waals surface area (Å²) >= 11 is 8.79. The van der Waals surface area contributed by atoms with E-state index in [9.17, 15) is 10.2 Å². The van der Waals surface area contributed by atoms with Gasteiger partial charge in [-0.05, 0) is 166 Å². The molecule has 0 aliphatic heterocycles. The van der Waals surface area contributed by atoms with Crippen LogP contribution in [0.5, 0.6) is 11.5 Å². The van der Waals surface area contributed by atoms with Gasteiger partial charge < -0.3 is 34.7 Å². The van der Waals surface area contributed by atoms with Crippen molar-refractivity contribution < 1.29 is 10.2 Å². The van der Waals surface area contributed by atoms with E-state index in [1.54, 1.807) is 6.07 Å². The number of likely N-dealkylation sites (N-methyl/N-ethyl adjacent to an activating group) is 3. The second-order valence-corrected chi connectivity index (χ2v) is 16.4. The number of phenolic OH excluding ortho intramolecular Hbond substituents is 2. The van der Waals surface area contributed by atoms with E-state index in [-0.39, 0.29) is 0 Å². The minimum absolute atomic E-state index is 0.417. The molecule has 0 amide bonds. The van der Waals surface area contributed by atoms with Crippen LogP contribution in [0.25, 0.3) is 0 Å². The van der Waals surface area contributed by atoms with Gasteiger partial charge >= 0.3 is 0 Å². The van der Waals surface area contributed by atoms with E-state index >= 15 is 0 Å². The van der Waals surface area contributed by atoms with Gasteiger partial charge in [-0.15, -0.1) is 25.3 Å². The van der Waals surface area contributed by atoms with Crippen LogP contribution in [0.1, 0.15) is 68.4 Å². The van der Waals surface area contributed by atoms with Crippen molar-refractivity contribution in [1.82, 2.24) is 24.5 Å². The molecule has 4 aromatic rings. The van der Waals surface area contributed by atoms with E-state index in [0.717, 1.165) is 105 Å². The predicted molar refractivity (Wildman–Crippen MR) is 258 cm³/mol. The lowest BCUT2D eigenvalue weighted by Crippen LogP contribution is -2.25. The van der Waals surface area contributed by atoms with Crippen molar-refractivity contribution in [2.24, 2.45) is 0 Å². The number of rotatable bonds is 20. The summed E-state index contributed by atoms with van der Waals surface area (Å²) in [6.45, 7) is 18.6. The molecule has 0 fully saturated rings. The summed E-state index contributed by atoms with van der Waals surface area (Å²) in [6, 6.07) is 30.1. The predicted octanol–water partition coefficient (Wildman–Crippen LogP) is 9.55. The Morgan fingerprint density at radius 1 is 0.431 bits per heavy atom. The monoisotopic (exact) mass is 834 g/mol. The average molecular weight is 834 g/mol. The van der Waals surface area contributed by atoms with E-state index < -0.39 is 0 Å². The number of unbranched alkanes of at least 4 members (excludes halogenated alkanes) is 1. The molecule has 9 heteroatoms. The molecule has 0 spiro atoms. The Morgan fingerprint density at radius 2 is 0.897 bits per heavy atom. The molecule has 0 radical (unpaired) electrons. The molecule has 0 aromatic heterocycles. The Bertz CT molecular complexity index is 1630. The van der Waals surface area contributed by atoms with Crippen molar-refractivity contribution in [2.75, 3.05) is 94.6 Å². The van der Waals surface area contributed by atoms with Gasteiger partial charge in [0.05, 0.1) is 0 Å². The van der Waals surface area contributed by atoms with E-state index in [1.165, 1.54) is 29.7 Å². The van der Waals surface area contributed by atoms with Crippen LogP contribution in [0, 0.1) is 0 Å². The number of thiol groups is 2. The lowest BCUT2D eigenvalue weighted by Gasteiger charge is -2.18. The summed E-state index contributed by atoms with van der Waals surface area (Å²) in [6.07, 6.45) is 6.36. The van der Waals surface area contributed by atoms with Gasteiger partial charge in [0.2, 0.25) is 0 Å². The van der Waals surface area contributed by atoms with E-state index in [2.05, 4.69) is 136 Å². The Balaban J connectivity index is 0.000000391. The average Bonchev–Trinajstić information content (AvgIpc) is 3.20. The molecule has 0 saturated heterocycles. The molecule has 0 aliphatic carbocycles. The second kappa shape index (κ2) is 31.8. The molecule has 0 bridgehead atoms. The minimum atomic E-state index is 0.417. The number of aryl methyl sites for hydroxylation is 1. The Labute approximate surface area is 365 Å². The van der Waals surface area contributed by atoms with Crippen molar-refractivity contribution in [3.8, 4) is 11.5 Å². The highest BCUT2D eigenvalue weighted by Crippen LogP contribution is 2.20. The molecule has 4 aromatic carbocycles. The molecule has 0 unspecified atom stereocenters. The van der Waals surface area contributed by atoms with Crippen molar-refractivity contribution in [1.29, 1.82) is 0 Å². The third-order valence-corrected chi connectivity index (χ3v) is 10.8. The Hall–Kier alpha value is -3.02. The van der Waals surface area contributed by atoms with E-state index in [0.29, 0.717) is 11.5 Å². The lowest BCUT2D eigenvalue weighted by atomic mass is 10.0. The summed E-state index contributed by atoms with van der Waals surface area (Å²) in [4.78, 5) is 13.5. The fourth-order valence-corrected chi connectivity index (χ4v) is 6.63. The highest BCUT2D eigenvalue weighted by Gasteiger charge is 2.05. The molecule has 4 rings (SSSR count). The van der Waals surface area contributed by atoms with Crippen LogP contribution in [-0.2, 0) is 32.2 Å². The number of aromatic hydroxyl groups is 2. The highest BCUT2D eigenvalue weighted by atomic mass is 32.1. The molecule has 2 N–H and O–H groups in total. The standard InChI is InChI=1S/C14H24N2O.C14H23NO.C12H19NS.C9H13NS/c1-15(2)9-7-12-5-6-14(17)13(11-12)8-10-16(3)4;1-3-15(4-2)12-8-7-10-13-9-5-6-11-14(13)16;1-3-13(4-2)10-9-11-7-5-6-8-12(11)14;1-10(2)7-8-5-3-4-6-9(8)11/h5-6,11,17H,7-10H2,1-4H3;5-6,9,11,16H,3-4,7-8,10,12H2,1-2H3;5-8,14H,3-4,9-10H2,1-2H3;3-6,11H,7H2,1-2H3. The van der Waals surface area contributed by atoms with Crippen molar-refractivity contribution in [3.63, 3.8) is 0 Å². The van der Waals surface area contributed by atoms with Crippen molar-refractivity contribution in [2.45, 2.75) is 82.6 Å². The highest BCUT2D eigenvalue weighted by molar-refractivity contribution is 7.80. The normalized spacial score (nSPS) is 11.0. The number of nitrogens with zero attached hydrogens (tertiary/aromatic N) is 5. The lowest BCUT2D eigenvalue weighted by molar-refractivity contribution is 0.297. The second-order valence-electron chi connectivity index (χ2n) is 15.5. The van der Waals surface area contributed by atoms with Gasteiger partial charge in [0.25, 0.3) is 0 Å². The number of hydrogen-bond donors (Lipinski definition) is 4. The van der Waals surface area contributed by atoms with Crippen LogP contribution >= 0.6 is 25.3 Å². The molecule has 324 valence electrons. The quantitative estimate of drug-likeness (QED) is 0.0523. The molecule has 58 heavy (non-hydrogen) atoms. The summed E-state index contributed by atoms with van der Waals surface area (Å²) in [5, 5.41) is 19.4. The van der Waals surface area contributed by atoms with Crippen LogP contribution in [0.2, 0.25) is 0 Å². The number of benzene rings is 4. The van der Waals surface area contributed by atoms with E-state index in [4.69, 9.17) is 0 Å². The number of para-hydroxylation sites is 1. The van der Waals surface area contributed by atoms with Crippen LogP contribution in [-0.4, -0.2) is 129 Å². The maximum Gasteiger partial charge on any atom is 0.118 e. The summed E-state index contributed by atoms with van der Waals surface area (Å²) < 4.78 is 0. The molecule has 0 heterocycles. The van der Waals surface area contributed by atoms with Crippen LogP contribution < -0.4 is 0 Å². The van der Waals surface area contributed by atoms with Gasteiger partial charge in [0, 0.05) is 36.0 Å². The maximum atomic E-state index is 9.80. The van der Waals surface area contributed by atoms with Gasteiger partial charge in [-0.3, -0.25) is 0 Å². The van der Waals surface area contributed by atoms with Crippen LogP contribution in [0.3, 0.4) is 0 Å². The van der Waals surface area contributed by atoms with Crippen LogP contribution in [0.4, 0.5) is 0 Å². The van der Waals surface area contributed by atoms with Gasteiger partial charge in [-0.25, -0.2) is 0 Å². The molecule has 0 atom stereocenters. The first kappa shape index (κ1) is 53.0. The zero-order chi connectivity index (χ0) is 43.3. The minimum Gasteiger partial charge on any atom is -0.508 e. The van der Waals surface area contributed by atoms with Gasteiger partial charge in [0.1, 0.15) is 11.5 Å². The fourth-order valence-electron chi connectivity index (χ4n) is 6.13. The Kier molecular flexibility index (Phi) is 29.1. The van der Waals surface area contributed by atoms with Gasteiger partial charge in [-0.2, -0.15) is 0 Å². The first-order chi connectivity index (χ1) is 27.7. The molecule has 7 nitrogen and oxygen atoms in total. The molecular formula is C49H79N5O2S2. The van der Waals surface area contributed by atoms with Gasteiger partial charge in [-0.1, -0.05) is 94.4 Å². The third-order valence-electron chi connectivity index (χ3n) is 9.94. The maximum absolute atomic E-state index is 9.80. The summed E-state index contributed by atoms with van der Waals surface area (Å²) in [5.74, 6) is 0.853. The smallest absolute Gasteiger partial charge is 0.118 e. The largest absolute Gasteiger partial charge is 0.508 e. The SMILES string of the molecule is CCN(CC)CCCCc1ccccc1O.CCN(CC)CCc1ccccc1S.CN(C)CCc1ccc(O)c(CCN(C)C)c1.CN(C)Cc1ccccc1S. The first-order valence-electron chi connectivity index (χ1n) is 21.2. The van der Waals surface area contributed by atoms with Crippen molar-refractivity contribution >= 4 is 25.3 Å². The summed E-state index contributed by atoms with van der Waals surface area (Å²) in [5.41, 5.74) is 6.05. The van der Waals surface area contributed by atoms with Gasteiger partial charge in [0.15, 0.2) is 0 Å². The number of phenols is 2. The third kappa shape index (κ3) is 24.2. The fraction of sp³-hybridized carbons (Fsp3) is 0.510. The van der Waals surface area contributed by atoms with Crippen molar-refractivity contribution in [3.05, 3.63) is 119 Å².